The molecular weight excluding hydrogens is 424 g/mol. The number of hydrogen-bond donors (Lipinski definition) is 3. The molecule has 5 aliphatic rings. The number of benzene rings is 2. The van der Waals surface area contributed by atoms with E-state index in [4.69, 9.17) is 4.74 Å². The summed E-state index contributed by atoms with van der Waals surface area (Å²) in [5, 5.41) is 24.6. The second kappa shape index (κ2) is 6.02. The normalized spacial score (nSPS) is 33.9. The number of aromatic hydroxyl groups is 1. The van der Waals surface area contributed by atoms with Gasteiger partial charge in [0.15, 0.2) is 17.6 Å². The third kappa shape index (κ3) is 2.04. The van der Waals surface area contributed by atoms with Crippen molar-refractivity contribution in [2.75, 3.05) is 13.1 Å². The number of aromatic nitrogens is 1. The second-order valence-electron chi connectivity index (χ2n) is 10.5. The van der Waals surface area contributed by atoms with Crippen LogP contribution in [0, 0.1) is 5.92 Å². The molecule has 3 heterocycles. The maximum atomic E-state index is 12.7. The van der Waals surface area contributed by atoms with Gasteiger partial charge >= 0.3 is 0 Å². The number of phenolic OH excluding ortho intramolecular Hbond substituents is 1. The maximum absolute atomic E-state index is 12.7. The number of hydrogen-bond acceptors (Lipinski definition) is 4. The summed E-state index contributed by atoms with van der Waals surface area (Å²) in [4.78, 5) is 6.22. The van der Waals surface area contributed by atoms with Crippen molar-refractivity contribution in [1.29, 1.82) is 0 Å². The Morgan fingerprint density at radius 2 is 2.00 bits per heavy atom. The van der Waals surface area contributed by atoms with Crippen molar-refractivity contribution < 1.29 is 27.4 Å². The van der Waals surface area contributed by atoms with Crippen molar-refractivity contribution in [3.05, 3.63) is 58.8 Å². The first kappa shape index (κ1) is 19.3. The molecule has 166 valence electrons. The Bertz CT molecular complexity index is 1280. The van der Waals surface area contributed by atoms with E-state index in [2.05, 4.69) is 34.1 Å². The average Bonchev–Trinajstić information content (AvgIpc) is 3.40. The number of aliphatic hydroxyl groups is 1. The van der Waals surface area contributed by atoms with Crippen molar-refractivity contribution in [3.63, 3.8) is 0 Å². The zero-order chi connectivity index (χ0) is 20.5. The summed E-state index contributed by atoms with van der Waals surface area (Å²) in [7, 11) is 0. The van der Waals surface area contributed by atoms with E-state index in [9.17, 15) is 10.2 Å². The van der Waals surface area contributed by atoms with Crippen LogP contribution >= 0.6 is 0 Å². The van der Waals surface area contributed by atoms with Gasteiger partial charge in [0.2, 0.25) is 0 Å². The smallest absolute Gasteiger partial charge is 0.166 e. The van der Waals surface area contributed by atoms with Crippen LogP contribution in [-0.4, -0.2) is 44.8 Å². The molecule has 8 rings (SSSR count). The van der Waals surface area contributed by atoms with Gasteiger partial charge in [-0.05, 0) is 61.4 Å². The summed E-state index contributed by atoms with van der Waals surface area (Å²) in [5.74, 6) is 1.58. The van der Waals surface area contributed by atoms with Crippen LogP contribution < -0.4 is 17.1 Å². The SMILES string of the molecule is Oc1ccc2c3c1O[C@H]1c4[nH]c5ccccc5c4C[C@@]4(O)C(C2)N(CC2CC2)CCC314.[Cl-]. The van der Waals surface area contributed by atoms with Gasteiger partial charge in [-0.2, -0.15) is 0 Å². The van der Waals surface area contributed by atoms with Crippen LogP contribution in [0.3, 0.4) is 0 Å². The fourth-order valence-electron chi connectivity index (χ4n) is 7.57. The number of likely N-dealkylation sites (tertiary alicyclic amines) is 1. The second-order valence-corrected chi connectivity index (χ2v) is 10.5. The molecule has 3 aliphatic carbocycles. The van der Waals surface area contributed by atoms with Crippen LogP contribution in [0.25, 0.3) is 10.9 Å². The Morgan fingerprint density at radius 3 is 2.84 bits per heavy atom. The first-order valence-electron chi connectivity index (χ1n) is 11.7. The number of phenols is 1. The number of nitrogens with one attached hydrogen (secondary N) is 1. The predicted molar refractivity (Wildman–Crippen MR) is 117 cm³/mol. The van der Waals surface area contributed by atoms with Gasteiger partial charge in [0.05, 0.1) is 16.7 Å². The minimum Gasteiger partial charge on any atom is -1.00 e. The van der Waals surface area contributed by atoms with Crippen LogP contribution in [0.4, 0.5) is 0 Å². The van der Waals surface area contributed by atoms with Gasteiger partial charge in [0.25, 0.3) is 0 Å². The number of fused-ring (bicyclic) bond motifs is 4. The third-order valence-electron chi connectivity index (χ3n) is 9.07. The number of nitrogens with zero attached hydrogens (tertiary/aromatic N) is 1. The highest BCUT2D eigenvalue weighted by Gasteiger charge is 2.72. The van der Waals surface area contributed by atoms with E-state index in [1.54, 1.807) is 6.07 Å². The lowest BCUT2D eigenvalue weighted by Gasteiger charge is -2.62. The zero-order valence-electron chi connectivity index (χ0n) is 17.8. The van der Waals surface area contributed by atoms with Crippen molar-refractivity contribution >= 4 is 10.9 Å². The van der Waals surface area contributed by atoms with E-state index in [0.717, 1.165) is 48.6 Å². The Balaban J connectivity index is 0.00000180. The fraction of sp³-hybridized carbons (Fsp3) is 0.462. The number of H-pyrrole nitrogens is 1. The lowest BCUT2D eigenvalue weighted by atomic mass is 9.49. The number of ether oxygens (including phenoxy) is 1. The lowest BCUT2D eigenvalue weighted by Crippen LogP contribution is -3.00. The summed E-state index contributed by atoms with van der Waals surface area (Å²) in [6.07, 6.45) is 4.66. The van der Waals surface area contributed by atoms with E-state index in [1.807, 2.05) is 6.07 Å². The summed E-state index contributed by atoms with van der Waals surface area (Å²) < 4.78 is 6.60. The van der Waals surface area contributed by atoms with Gasteiger partial charge in [-0.1, -0.05) is 24.3 Å². The molecule has 6 heteroatoms. The third-order valence-corrected chi connectivity index (χ3v) is 9.07. The highest BCUT2D eigenvalue weighted by molar-refractivity contribution is 5.86. The standard InChI is InChI=1S/C26H26N2O3.ClH/c29-19-8-7-15-11-20-26(30)12-17-16-3-1-2-4-18(16)27-22(17)24-25(26,21(15)23(19)31-24)9-10-28(20)13-14-5-6-14;/h1-4,7-8,14,20,24,27,29-30H,5-6,9-13H2;1H/p-1/t20?,24-,25?,26+;/m0./s1. The van der Waals surface area contributed by atoms with Crippen LogP contribution in [0.5, 0.6) is 11.5 Å². The molecule has 2 aliphatic heterocycles. The summed E-state index contributed by atoms with van der Waals surface area (Å²) in [6, 6.07) is 12.3. The molecular formula is C26H26ClN2O3-. The first-order valence-corrected chi connectivity index (χ1v) is 11.7. The van der Waals surface area contributed by atoms with Gasteiger partial charge in [0.1, 0.15) is 0 Å². The zero-order valence-corrected chi connectivity index (χ0v) is 18.5. The van der Waals surface area contributed by atoms with Crippen LogP contribution in [-0.2, 0) is 18.3 Å². The van der Waals surface area contributed by atoms with Crippen LogP contribution in [0.1, 0.15) is 47.8 Å². The Morgan fingerprint density at radius 1 is 1.16 bits per heavy atom. The number of para-hydroxylation sites is 1. The lowest BCUT2D eigenvalue weighted by molar-refractivity contribution is -0.173. The highest BCUT2D eigenvalue weighted by atomic mass is 35.5. The monoisotopic (exact) mass is 449 g/mol. The van der Waals surface area contributed by atoms with Crippen molar-refractivity contribution in [1.82, 2.24) is 9.88 Å². The molecule has 2 fully saturated rings. The Hall–Kier alpha value is -2.21. The van der Waals surface area contributed by atoms with Gasteiger partial charge in [-0.15, -0.1) is 0 Å². The number of aromatic amines is 1. The van der Waals surface area contributed by atoms with Crippen LogP contribution in [0.2, 0.25) is 0 Å². The van der Waals surface area contributed by atoms with E-state index in [0.29, 0.717) is 12.2 Å². The minimum absolute atomic E-state index is 0. The van der Waals surface area contributed by atoms with E-state index < -0.39 is 11.0 Å². The molecule has 1 aromatic heterocycles. The molecule has 4 atom stereocenters. The molecule has 2 bridgehead atoms. The summed E-state index contributed by atoms with van der Waals surface area (Å²) >= 11 is 0. The average molecular weight is 450 g/mol. The van der Waals surface area contributed by atoms with Gasteiger partial charge < -0.3 is 32.3 Å². The van der Waals surface area contributed by atoms with Crippen molar-refractivity contribution in [2.45, 2.75) is 55.3 Å². The van der Waals surface area contributed by atoms with Crippen molar-refractivity contribution in [3.8, 4) is 11.5 Å². The van der Waals surface area contributed by atoms with Gasteiger partial charge in [0, 0.05) is 35.5 Å². The van der Waals surface area contributed by atoms with E-state index in [1.165, 1.54) is 29.4 Å². The quantitative estimate of drug-likeness (QED) is 0.535. The number of rotatable bonds is 2. The molecule has 3 N–H and O–H groups in total. The van der Waals surface area contributed by atoms with Gasteiger partial charge in [-0.25, -0.2) is 0 Å². The van der Waals surface area contributed by atoms with Crippen molar-refractivity contribution in [2.24, 2.45) is 5.92 Å². The largest absolute Gasteiger partial charge is 1.00 e. The molecule has 1 saturated heterocycles. The molecule has 0 amide bonds. The highest BCUT2D eigenvalue weighted by Crippen LogP contribution is 2.69. The fourth-order valence-corrected chi connectivity index (χ4v) is 7.57. The molecule has 32 heavy (non-hydrogen) atoms. The summed E-state index contributed by atoms with van der Waals surface area (Å²) in [6.45, 7) is 2.07. The Labute approximate surface area is 192 Å². The van der Waals surface area contributed by atoms with Crippen LogP contribution in [0.15, 0.2) is 36.4 Å². The van der Waals surface area contributed by atoms with E-state index in [-0.39, 0.29) is 30.3 Å². The topological polar surface area (TPSA) is 68.7 Å². The maximum Gasteiger partial charge on any atom is 0.166 e. The molecule has 2 aromatic carbocycles. The molecule has 2 unspecified atom stereocenters. The molecule has 3 aromatic rings. The first-order chi connectivity index (χ1) is 15.1. The minimum atomic E-state index is -0.908. The van der Waals surface area contributed by atoms with Gasteiger partial charge in [-0.3, -0.25) is 4.90 Å². The number of piperidine rings is 1. The molecule has 0 radical (unpaired) electrons. The molecule has 5 nitrogen and oxygen atoms in total. The Kier molecular flexibility index (Phi) is 3.62. The van der Waals surface area contributed by atoms with E-state index >= 15 is 0 Å². The molecule has 1 saturated carbocycles. The number of halogens is 1. The summed E-state index contributed by atoms with van der Waals surface area (Å²) in [5.41, 5.74) is 4.27. The molecule has 1 spiro atoms. The predicted octanol–water partition coefficient (Wildman–Crippen LogP) is 0.577.